The first kappa shape index (κ1) is 66.1. The van der Waals surface area contributed by atoms with E-state index in [1.807, 2.05) is 0 Å². The Labute approximate surface area is 428 Å². The van der Waals surface area contributed by atoms with E-state index in [9.17, 15) is 14.4 Å². The van der Waals surface area contributed by atoms with Gasteiger partial charge in [0.1, 0.15) is 13.2 Å². The minimum absolute atomic E-state index is 0.0900. The SMILES string of the molecule is CCCCC/C=C\C/C=C\C/C=C\C/C=C\CCCC(=O)OC[C@H](COC(=O)CCCCCCCCCCCCCCCCCCCCC)OC(=O)CCCCCCCCC/C=C\CCCCCC. The average molecular weight is 966 g/mol. The summed E-state index contributed by atoms with van der Waals surface area (Å²) in [6, 6.07) is 0. The molecule has 0 bridgehead atoms. The second kappa shape index (κ2) is 57.7. The van der Waals surface area contributed by atoms with E-state index in [-0.39, 0.29) is 37.5 Å². The molecule has 0 unspecified atom stereocenters. The van der Waals surface area contributed by atoms with Crippen LogP contribution in [0.25, 0.3) is 0 Å². The maximum absolute atomic E-state index is 12.9. The lowest BCUT2D eigenvalue weighted by Gasteiger charge is -2.18. The van der Waals surface area contributed by atoms with Gasteiger partial charge in [-0.1, -0.05) is 261 Å². The molecule has 0 N–H and O–H groups in total. The predicted molar refractivity (Wildman–Crippen MR) is 298 cm³/mol. The molecule has 0 aromatic rings. The molecule has 0 aromatic heterocycles. The summed E-state index contributed by atoms with van der Waals surface area (Å²) in [5.74, 6) is -0.939. The molecular formula is C63H112O6. The van der Waals surface area contributed by atoms with Crippen molar-refractivity contribution in [3.8, 4) is 0 Å². The van der Waals surface area contributed by atoms with Crippen molar-refractivity contribution in [3.63, 3.8) is 0 Å². The van der Waals surface area contributed by atoms with Gasteiger partial charge in [-0.15, -0.1) is 0 Å². The average Bonchev–Trinajstić information content (AvgIpc) is 3.35. The Morgan fingerprint density at radius 1 is 0.290 bits per heavy atom. The maximum atomic E-state index is 12.9. The van der Waals surface area contributed by atoms with E-state index in [1.54, 1.807) is 0 Å². The van der Waals surface area contributed by atoms with Crippen molar-refractivity contribution in [1.82, 2.24) is 0 Å². The highest BCUT2D eigenvalue weighted by atomic mass is 16.6. The summed E-state index contributed by atoms with van der Waals surface area (Å²) in [6.07, 6.45) is 72.2. The Morgan fingerprint density at radius 2 is 0.536 bits per heavy atom. The van der Waals surface area contributed by atoms with Crippen LogP contribution >= 0.6 is 0 Å². The van der Waals surface area contributed by atoms with Crippen LogP contribution in [-0.4, -0.2) is 37.2 Å². The van der Waals surface area contributed by atoms with E-state index in [2.05, 4.69) is 81.5 Å². The first-order chi connectivity index (χ1) is 34.0. The first-order valence-corrected chi connectivity index (χ1v) is 29.8. The van der Waals surface area contributed by atoms with Gasteiger partial charge in [-0.2, -0.15) is 0 Å². The van der Waals surface area contributed by atoms with E-state index in [1.165, 1.54) is 193 Å². The number of ether oxygens (including phenoxy) is 3. The lowest BCUT2D eigenvalue weighted by atomic mass is 10.0. The van der Waals surface area contributed by atoms with Crippen LogP contribution in [0.15, 0.2) is 60.8 Å². The van der Waals surface area contributed by atoms with E-state index < -0.39 is 6.10 Å². The van der Waals surface area contributed by atoms with Crippen LogP contribution in [0.4, 0.5) is 0 Å². The highest BCUT2D eigenvalue weighted by Gasteiger charge is 2.19. The minimum atomic E-state index is -0.797. The van der Waals surface area contributed by atoms with E-state index in [4.69, 9.17) is 14.2 Å². The van der Waals surface area contributed by atoms with Crippen LogP contribution < -0.4 is 0 Å². The molecule has 6 heteroatoms. The second-order valence-corrected chi connectivity index (χ2v) is 19.9. The van der Waals surface area contributed by atoms with Crippen molar-refractivity contribution < 1.29 is 28.6 Å². The molecule has 1 atom stereocenters. The predicted octanol–water partition coefficient (Wildman–Crippen LogP) is 20.0. The van der Waals surface area contributed by atoms with Gasteiger partial charge >= 0.3 is 17.9 Å². The molecule has 6 nitrogen and oxygen atoms in total. The summed E-state index contributed by atoms with van der Waals surface area (Å²) in [4.78, 5) is 38.2. The van der Waals surface area contributed by atoms with Gasteiger partial charge in [-0.25, -0.2) is 0 Å². The second-order valence-electron chi connectivity index (χ2n) is 19.9. The zero-order valence-electron chi connectivity index (χ0n) is 45.8. The zero-order chi connectivity index (χ0) is 50.0. The summed E-state index contributed by atoms with van der Waals surface area (Å²) in [7, 11) is 0. The van der Waals surface area contributed by atoms with Crippen molar-refractivity contribution in [2.45, 2.75) is 309 Å². The number of allylic oxidation sites excluding steroid dienone is 10. The Balaban J connectivity index is 4.41. The Kier molecular flexibility index (Phi) is 55.3. The maximum Gasteiger partial charge on any atom is 0.306 e. The van der Waals surface area contributed by atoms with Gasteiger partial charge in [0.25, 0.3) is 0 Å². The van der Waals surface area contributed by atoms with E-state index in [0.717, 1.165) is 64.2 Å². The molecular weight excluding hydrogens is 853 g/mol. The topological polar surface area (TPSA) is 78.9 Å². The summed E-state index contributed by atoms with van der Waals surface area (Å²) >= 11 is 0. The van der Waals surface area contributed by atoms with Gasteiger partial charge in [0.15, 0.2) is 6.10 Å². The molecule has 0 saturated heterocycles. The molecule has 0 radical (unpaired) electrons. The third-order valence-electron chi connectivity index (χ3n) is 13.0. The fraction of sp³-hybridized carbons (Fsp3) is 0.794. The van der Waals surface area contributed by atoms with Crippen molar-refractivity contribution in [3.05, 3.63) is 60.8 Å². The van der Waals surface area contributed by atoms with Crippen LogP contribution in [0.5, 0.6) is 0 Å². The Morgan fingerprint density at radius 3 is 0.928 bits per heavy atom. The molecule has 69 heavy (non-hydrogen) atoms. The molecule has 0 fully saturated rings. The van der Waals surface area contributed by atoms with E-state index in [0.29, 0.717) is 19.3 Å². The molecule has 0 aromatic carbocycles. The van der Waals surface area contributed by atoms with Gasteiger partial charge < -0.3 is 14.2 Å². The van der Waals surface area contributed by atoms with Gasteiger partial charge in [0, 0.05) is 19.3 Å². The highest BCUT2D eigenvalue weighted by molar-refractivity contribution is 5.71. The number of rotatable bonds is 54. The van der Waals surface area contributed by atoms with Gasteiger partial charge in [-0.05, 0) is 83.5 Å². The molecule has 0 aliphatic carbocycles. The standard InChI is InChI=1S/C63H112O6/c1-4-7-10-13-16-19-22-25-28-30-31-33-36-38-41-44-47-50-53-56-62(65)68-59-60(69-63(66)57-54-51-48-45-42-39-34-27-24-21-18-15-12-9-6-3)58-67-61(64)55-52-49-46-43-40-37-35-32-29-26-23-20-17-14-11-8-5-2/h17,20-21,24,26,29,35,37,43,46,60H,4-16,18-19,22-23,25,27-28,30-34,36,38-42,44-45,47-59H2,1-3H3/b20-17-,24-21-,29-26-,37-35-,46-43-/t60-/m1/s1. The molecule has 400 valence electrons. The number of unbranched alkanes of at least 4 members (excludes halogenated alkanes) is 33. The van der Waals surface area contributed by atoms with Crippen molar-refractivity contribution in [2.24, 2.45) is 0 Å². The quantitative estimate of drug-likeness (QED) is 0.0262. The molecule has 0 aliphatic heterocycles. The summed E-state index contributed by atoms with van der Waals surface area (Å²) in [5, 5.41) is 0. The van der Waals surface area contributed by atoms with E-state index >= 15 is 0 Å². The third-order valence-corrected chi connectivity index (χ3v) is 13.0. The largest absolute Gasteiger partial charge is 0.462 e. The monoisotopic (exact) mass is 965 g/mol. The molecule has 0 amide bonds. The molecule has 0 saturated carbocycles. The van der Waals surface area contributed by atoms with Crippen LogP contribution in [0.3, 0.4) is 0 Å². The third kappa shape index (κ3) is 55.9. The van der Waals surface area contributed by atoms with Crippen LogP contribution in [0, 0.1) is 0 Å². The number of esters is 3. The summed E-state index contributed by atoms with van der Waals surface area (Å²) in [6.45, 7) is 6.58. The zero-order valence-corrected chi connectivity index (χ0v) is 45.8. The van der Waals surface area contributed by atoms with Crippen LogP contribution in [-0.2, 0) is 28.6 Å². The fourth-order valence-corrected chi connectivity index (χ4v) is 8.49. The number of carbonyl (C=O) groups excluding carboxylic acids is 3. The molecule has 0 aliphatic rings. The van der Waals surface area contributed by atoms with Gasteiger partial charge in [-0.3, -0.25) is 14.4 Å². The van der Waals surface area contributed by atoms with Crippen molar-refractivity contribution >= 4 is 17.9 Å². The number of hydrogen-bond donors (Lipinski definition) is 0. The van der Waals surface area contributed by atoms with Crippen molar-refractivity contribution in [1.29, 1.82) is 0 Å². The number of carbonyl (C=O) groups is 3. The number of hydrogen-bond acceptors (Lipinski definition) is 6. The Bertz CT molecular complexity index is 1250. The fourth-order valence-electron chi connectivity index (χ4n) is 8.49. The molecule has 0 spiro atoms. The highest BCUT2D eigenvalue weighted by Crippen LogP contribution is 2.16. The van der Waals surface area contributed by atoms with Crippen LogP contribution in [0.2, 0.25) is 0 Å². The van der Waals surface area contributed by atoms with Crippen LogP contribution in [0.1, 0.15) is 303 Å². The summed E-state index contributed by atoms with van der Waals surface area (Å²) < 4.78 is 16.8. The molecule has 0 heterocycles. The van der Waals surface area contributed by atoms with Gasteiger partial charge in [0.2, 0.25) is 0 Å². The summed E-state index contributed by atoms with van der Waals surface area (Å²) in [5.41, 5.74) is 0. The smallest absolute Gasteiger partial charge is 0.306 e. The first-order valence-electron chi connectivity index (χ1n) is 29.8. The lowest BCUT2D eigenvalue weighted by Crippen LogP contribution is -2.30. The lowest BCUT2D eigenvalue weighted by molar-refractivity contribution is -0.167. The van der Waals surface area contributed by atoms with Gasteiger partial charge in [0.05, 0.1) is 0 Å². The Hall–Kier alpha value is -2.89. The normalized spacial score (nSPS) is 12.4. The van der Waals surface area contributed by atoms with Crippen molar-refractivity contribution in [2.75, 3.05) is 13.2 Å². The molecule has 0 rings (SSSR count). The minimum Gasteiger partial charge on any atom is -0.462 e.